The molecule has 116 valence electrons. The summed E-state index contributed by atoms with van der Waals surface area (Å²) in [5, 5.41) is 7.52. The van der Waals surface area contributed by atoms with Gasteiger partial charge in [0.05, 0.1) is 0 Å². The van der Waals surface area contributed by atoms with Crippen LogP contribution in [0.3, 0.4) is 0 Å². The molecule has 5 heteroatoms. The van der Waals surface area contributed by atoms with Crippen LogP contribution in [0.4, 0.5) is 0 Å². The van der Waals surface area contributed by atoms with E-state index in [4.69, 9.17) is 0 Å². The summed E-state index contributed by atoms with van der Waals surface area (Å²) in [4.78, 5) is 14.4. The van der Waals surface area contributed by atoms with E-state index in [1.54, 1.807) is 12.7 Å². The smallest absolute Gasteiger partial charge is 0.224 e. The van der Waals surface area contributed by atoms with E-state index in [2.05, 4.69) is 41.4 Å². The number of carbonyl (C=O) groups excluding carboxylic acids is 1. The van der Waals surface area contributed by atoms with Crippen LogP contribution in [-0.4, -0.2) is 38.7 Å². The molecule has 1 amide bonds. The highest BCUT2D eigenvalue weighted by Crippen LogP contribution is 2.29. The van der Waals surface area contributed by atoms with Crippen molar-refractivity contribution in [2.75, 3.05) is 13.1 Å². The third kappa shape index (κ3) is 3.35. The summed E-state index contributed by atoms with van der Waals surface area (Å²) >= 11 is 0. The lowest BCUT2D eigenvalue weighted by Gasteiger charge is -2.33. The maximum atomic E-state index is 12.4. The van der Waals surface area contributed by atoms with Crippen molar-refractivity contribution in [1.29, 1.82) is 0 Å². The lowest BCUT2D eigenvalue weighted by molar-refractivity contribution is -0.132. The lowest BCUT2D eigenvalue weighted by Crippen LogP contribution is -2.39. The summed E-state index contributed by atoms with van der Waals surface area (Å²) in [5.41, 5.74) is 2.71. The number of hydrogen-bond acceptors (Lipinski definition) is 3. The number of amides is 1. The molecule has 22 heavy (non-hydrogen) atoms. The van der Waals surface area contributed by atoms with Gasteiger partial charge in [0.25, 0.3) is 0 Å². The van der Waals surface area contributed by atoms with Crippen molar-refractivity contribution in [1.82, 2.24) is 19.7 Å². The Morgan fingerprint density at radius 2 is 2.05 bits per heavy atom. The Balaban J connectivity index is 1.60. The standard InChI is InChI=1S/C17H22N4O/c1-14-5-2-3-7-16(14)15-6-4-9-21(11-15)17(22)8-10-20-12-18-19-13-20/h2-3,5,7,12-13,15H,4,6,8-11H2,1H3/t15-/m0/s1. The maximum absolute atomic E-state index is 12.4. The molecule has 0 unspecified atom stereocenters. The Kier molecular flexibility index (Phi) is 4.51. The lowest BCUT2D eigenvalue weighted by atomic mass is 9.88. The van der Waals surface area contributed by atoms with Gasteiger partial charge in [-0.3, -0.25) is 4.79 Å². The number of carbonyl (C=O) groups is 1. The Hall–Kier alpha value is -2.17. The topological polar surface area (TPSA) is 51.0 Å². The number of rotatable bonds is 4. The van der Waals surface area contributed by atoms with E-state index in [0.717, 1.165) is 19.5 Å². The van der Waals surface area contributed by atoms with E-state index < -0.39 is 0 Å². The van der Waals surface area contributed by atoms with E-state index in [-0.39, 0.29) is 5.91 Å². The maximum Gasteiger partial charge on any atom is 0.224 e. The van der Waals surface area contributed by atoms with Crippen molar-refractivity contribution in [3.63, 3.8) is 0 Å². The zero-order chi connectivity index (χ0) is 15.4. The fraction of sp³-hybridized carbons (Fsp3) is 0.471. The normalized spacial score (nSPS) is 18.4. The summed E-state index contributed by atoms with van der Waals surface area (Å²) in [6.45, 7) is 4.52. The van der Waals surface area contributed by atoms with Crippen LogP contribution in [0.25, 0.3) is 0 Å². The minimum absolute atomic E-state index is 0.229. The molecule has 0 bridgehead atoms. The molecule has 0 aliphatic carbocycles. The number of hydrogen-bond donors (Lipinski definition) is 0. The fourth-order valence-electron chi connectivity index (χ4n) is 3.22. The van der Waals surface area contributed by atoms with Gasteiger partial charge in [-0.15, -0.1) is 10.2 Å². The molecule has 0 radical (unpaired) electrons. The van der Waals surface area contributed by atoms with Crippen LogP contribution >= 0.6 is 0 Å². The SMILES string of the molecule is Cc1ccccc1[C@H]1CCCN(C(=O)CCn2cnnc2)C1. The van der Waals surface area contributed by atoms with Gasteiger partial charge in [0, 0.05) is 32.0 Å². The molecule has 1 aromatic heterocycles. The Morgan fingerprint density at radius 1 is 1.27 bits per heavy atom. The summed E-state index contributed by atoms with van der Waals surface area (Å²) in [6.07, 6.45) is 6.06. The first-order valence-electron chi connectivity index (χ1n) is 7.90. The van der Waals surface area contributed by atoms with Crippen molar-refractivity contribution in [2.24, 2.45) is 0 Å². The number of aromatic nitrogens is 3. The molecule has 1 fully saturated rings. The average molecular weight is 298 g/mol. The molecule has 0 N–H and O–H groups in total. The number of nitrogens with zero attached hydrogens (tertiary/aromatic N) is 4. The van der Waals surface area contributed by atoms with Crippen LogP contribution in [0, 0.1) is 6.92 Å². The molecule has 1 aromatic carbocycles. The minimum Gasteiger partial charge on any atom is -0.342 e. The highest BCUT2D eigenvalue weighted by atomic mass is 16.2. The zero-order valence-corrected chi connectivity index (χ0v) is 13.0. The van der Waals surface area contributed by atoms with Crippen molar-refractivity contribution >= 4 is 5.91 Å². The predicted octanol–water partition coefficient (Wildman–Crippen LogP) is 2.38. The van der Waals surface area contributed by atoms with Gasteiger partial charge in [-0.1, -0.05) is 24.3 Å². The Morgan fingerprint density at radius 3 is 2.82 bits per heavy atom. The second kappa shape index (κ2) is 6.73. The van der Waals surface area contributed by atoms with Gasteiger partial charge in [-0.2, -0.15) is 0 Å². The zero-order valence-electron chi connectivity index (χ0n) is 13.0. The highest BCUT2D eigenvalue weighted by Gasteiger charge is 2.25. The largest absolute Gasteiger partial charge is 0.342 e. The van der Waals surface area contributed by atoms with Gasteiger partial charge in [-0.05, 0) is 30.9 Å². The minimum atomic E-state index is 0.229. The summed E-state index contributed by atoms with van der Waals surface area (Å²) in [5.74, 6) is 0.695. The third-order valence-corrected chi connectivity index (χ3v) is 4.45. The predicted molar refractivity (Wildman–Crippen MR) is 84.4 cm³/mol. The van der Waals surface area contributed by atoms with Crippen LogP contribution in [-0.2, 0) is 11.3 Å². The van der Waals surface area contributed by atoms with Crippen molar-refractivity contribution in [3.8, 4) is 0 Å². The average Bonchev–Trinajstić information content (AvgIpc) is 3.06. The number of aryl methyl sites for hydroxylation is 2. The Bertz CT molecular complexity index is 623. The van der Waals surface area contributed by atoms with Crippen LogP contribution < -0.4 is 0 Å². The number of piperidine rings is 1. The molecule has 0 spiro atoms. The summed E-state index contributed by atoms with van der Waals surface area (Å²) in [7, 11) is 0. The molecule has 0 saturated carbocycles. The summed E-state index contributed by atoms with van der Waals surface area (Å²) in [6, 6.07) is 8.52. The van der Waals surface area contributed by atoms with Crippen LogP contribution in [0.15, 0.2) is 36.9 Å². The molecule has 2 aromatic rings. The van der Waals surface area contributed by atoms with Gasteiger partial charge in [0.2, 0.25) is 5.91 Å². The molecule has 1 atom stereocenters. The van der Waals surface area contributed by atoms with E-state index in [1.165, 1.54) is 17.5 Å². The summed E-state index contributed by atoms with van der Waals surface area (Å²) < 4.78 is 1.85. The molecule has 1 saturated heterocycles. The van der Waals surface area contributed by atoms with Gasteiger partial charge in [-0.25, -0.2) is 0 Å². The quantitative estimate of drug-likeness (QED) is 0.871. The van der Waals surface area contributed by atoms with Crippen molar-refractivity contribution < 1.29 is 4.79 Å². The third-order valence-electron chi connectivity index (χ3n) is 4.45. The second-order valence-electron chi connectivity index (χ2n) is 5.99. The van der Waals surface area contributed by atoms with Gasteiger partial charge in [0.1, 0.15) is 12.7 Å². The van der Waals surface area contributed by atoms with Gasteiger partial charge in [0.15, 0.2) is 0 Å². The van der Waals surface area contributed by atoms with Gasteiger partial charge < -0.3 is 9.47 Å². The highest BCUT2D eigenvalue weighted by molar-refractivity contribution is 5.76. The molecule has 2 heterocycles. The Labute approximate surface area is 131 Å². The van der Waals surface area contributed by atoms with Crippen molar-refractivity contribution in [2.45, 2.75) is 38.6 Å². The molecular formula is C17H22N4O. The van der Waals surface area contributed by atoms with Crippen LogP contribution in [0.5, 0.6) is 0 Å². The van der Waals surface area contributed by atoms with E-state index in [0.29, 0.717) is 18.9 Å². The second-order valence-corrected chi connectivity index (χ2v) is 5.99. The van der Waals surface area contributed by atoms with Gasteiger partial charge >= 0.3 is 0 Å². The first kappa shape index (κ1) is 14.8. The first-order chi connectivity index (χ1) is 10.7. The fourth-order valence-corrected chi connectivity index (χ4v) is 3.22. The molecular weight excluding hydrogens is 276 g/mol. The molecule has 5 nitrogen and oxygen atoms in total. The molecule has 1 aliphatic heterocycles. The van der Waals surface area contributed by atoms with E-state index in [9.17, 15) is 4.79 Å². The monoisotopic (exact) mass is 298 g/mol. The van der Waals surface area contributed by atoms with Crippen molar-refractivity contribution in [3.05, 3.63) is 48.0 Å². The van der Waals surface area contributed by atoms with E-state index >= 15 is 0 Å². The number of benzene rings is 1. The van der Waals surface area contributed by atoms with E-state index in [1.807, 2.05) is 9.47 Å². The molecule has 1 aliphatic rings. The van der Waals surface area contributed by atoms with Crippen LogP contribution in [0.1, 0.15) is 36.3 Å². The van der Waals surface area contributed by atoms with Crippen LogP contribution in [0.2, 0.25) is 0 Å². The molecule has 3 rings (SSSR count). The number of likely N-dealkylation sites (tertiary alicyclic amines) is 1. The first-order valence-corrected chi connectivity index (χ1v) is 7.90.